The molecule has 0 fully saturated rings. The SMILES string of the molecule is CC.CCCC.[2HH]. The van der Waals surface area contributed by atoms with E-state index in [-0.39, 0.29) is 1.43 Å². The van der Waals surface area contributed by atoms with Crippen LogP contribution in [-0.4, -0.2) is 0 Å². The van der Waals surface area contributed by atoms with Crippen molar-refractivity contribution in [3.8, 4) is 0 Å². The Morgan fingerprint density at radius 2 is 1.17 bits per heavy atom. The van der Waals surface area contributed by atoms with Gasteiger partial charge in [-0.15, -0.1) is 0 Å². The lowest BCUT2D eigenvalue weighted by molar-refractivity contribution is 0.886. The third-order valence-electron chi connectivity index (χ3n) is 0.500. The van der Waals surface area contributed by atoms with Crippen molar-refractivity contribution in [3.63, 3.8) is 0 Å². The molecule has 0 aromatic carbocycles. The van der Waals surface area contributed by atoms with Crippen molar-refractivity contribution in [2.45, 2.75) is 40.5 Å². The van der Waals surface area contributed by atoms with E-state index in [1.54, 1.807) is 0 Å². The molecule has 6 heavy (non-hydrogen) atoms. The van der Waals surface area contributed by atoms with E-state index in [0.29, 0.717) is 0 Å². The van der Waals surface area contributed by atoms with E-state index in [0.717, 1.165) is 0 Å². The van der Waals surface area contributed by atoms with Crippen LogP contribution in [-0.2, 0) is 0 Å². The van der Waals surface area contributed by atoms with E-state index in [1.165, 1.54) is 12.8 Å². The summed E-state index contributed by atoms with van der Waals surface area (Å²) < 4.78 is 0. The van der Waals surface area contributed by atoms with Gasteiger partial charge in [-0.25, -0.2) is 0 Å². The van der Waals surface area contributed by atoms with Gasteiger partial charge in [-0.05, 0) is 0 Å². The van der Waals surface area contributed by atoms with E-state index in [1.807, 2.05) is 13.8 Å². The fourth-order valence-corrected chi connectivity index (χ4v) is 0. The van der Waals surface area contributed by atoms with Crippen molar-refractivity contribution in [1.82, 2.24) is 0 Å². The first kappa shape index (κ1) is 9.38. The van der Waals surface area contributed by atoms with Crippen LogP contribution in [0.1, 0.15) is 42.0 Å². The molecule has 0 N–H and O–H groups in total. The minimum Gasteiger partial charge on any atom is -0.0683 e. The summed E-state index contributed by atoms with van der Waals surface area (Å²) in [6, 6.07) is 0. The number of unbranched alkanes of at least 4 members (excludes halogenated alkanes) is 1. The molecular weight excluding hydrogens is 72.1 g/mol. The van der Waals surface area contributed by atoms with E-state index < -0.39 is 0 Å². The average molecular weight is 91.2 g/mol. The summed E-state index contributed by atoms with van der Waals surface area (Å²) in [5.41, 5.74) is 0. The predicted molar refractivity (Wildman–Crippen MR) is 34.0 cm³/mol. The fraction of sp³-hybridized carbons (Fsp3) is 1.00. The van der Waals surface area contributed by atoms with Crippen LogP contribution in [0.15, 0.2) is 0 Å². The Hall–Kier alpha value is 0. The smallest absolute Gasteiger partial charge is 0 e. The minimum atomic E-state index is 0. The molecule has 0 saturated heterocycles. The third kappa shape index (κ3) is 36.0. The lowest BCUT2D eigenvalue weighted by Gasteiger charge is -1.68. The molecule has 0 heteroatoms. The Balaban J connectivity index is -0.0000000480. The van der Waals surface area contributed by atoms with Crippen LogP contribution < -0.4 is 0 Å². The van der Waals surface area contributed by atoms with Gasteiger partial charge in [-0.1, -0.05) is 40.5 Å². The first-order valence-electron chi connectivity index (χ1n) is 2.91. The molecule has 0 aromatic rings. The molecule has 0 radical (unpaired) electrons. The Morgan fingerprint density at radius 3 is 1.17 bits per heavy atom. The van der Waals surface area contributed by atoms with Crippen LogP contribution >= 0.6 is 0 Å². The lowest BCUT2D eigenvalue weighted by Crippen LogP contribution is -1.47. The summed E-state index contributed by atoms with van der Waals surface area (Å²) in [6.45, 7) is 8.36. The van der Waals surface area contributed by atoms with Crippen LogP contribution in [0.5, 0.6) is 0 Å². The molecule has 0 saturated carbocycles. The van der Waals surface area contributed by atoms with E-state index in [2.05, 4.69) is 13.8 Å². The largest absolute Gasteiger partial charge is 0.0683 e. The summed E-state index contributed by atoms with van der Waals surface area (Å²) in [7, 11) is 0. The molecule has 0 atom stereocenters. The van der Waals surface area contributed by atoms with Crippen LogP contribution in [0.25, 0.3) is 0 Å². The van der Waals surface area contributed by atoms with Crippen molar-refractivity contribution < 1.29 is 1.43 Å². The Labute approximate surface area is 43.1 Å². The topological polar surface area (TPSA) is 0 Å². The first-order chi connectivity index (χ1) is 2.91. The molecule has 0 nitrogen and oxygen atoms in total. The van der Waals surface area contributed by atoms with E-state index in [4.69, 9.17) is 0 Å². The summed E-state index contributed by atoms with van der Waals surface area (Å²) in [4.78, 5) is 0. The van der Waals surface area contributed by atoms with Gasteiger partial charge in [0.1, 0.15) is 0 Å². The van der Waals surface area contributed by atoms with Gasteiger partial charge in [-0.3, -0.25) is 0 Å². The Morgan fingerprint density at radius 1 is 1.00 bits per heavy atom. The fourth-order valence-electron chi connectivity index (χ4n) is 0. The molecule has 0 rings (SSSR count). The molecule has 0 aliphatic rings. The molecule has 0 amide bonds. The monoisotopic (exact) mass is 91.1 g/mol. The Bertz CT molecular complexity index is 6.14. The molecule has 42 valence electrons. The zero-order valence-corrected chi connectivity index (χ0v) is 5.41. The van der Waals surface area contributed by atoms with Gasteiger partial charge < -0.3 is 0 Å². The highest BCUT2D eigenvalue weighted by molar-refractivity contribution is 4.12. The lowest BCUT2D eigenvalue weighted by atomic mass is 10.4. The van der Waals surface area contributed by atoms with E-state index in [9.17, 15) is 0 Å². The maximum atomic E-state index is 2.18. The molecule has 0 aromatic heterocycles. The maximum Gasteiger partial charge on any atom is 0 e. The summed E-state index contributed by atoms with van der Waals surface area (Å²) in [5.74, 6) is 0. The zero-order valence-electron chi connectivity index (χ0n) is 5.41. The van der Waals surface area contributed by atoms with Gasteiger partial charge in [0.05, 0.1) is 0 Å². The van der Waals surface area contributed by atoms with Crippen molar-refractivity contribution in [2.75, 3.05) is 0 Å². The first-order valence-corrected chi connectivity index (χ1v) is 2.91. The van der Waals surface area contributed by atoms with Crippen LogP contribution in [0.3, 0.4) is 0 Å². The van der Waals surface area contributed by atoms with Gasteiger partial charge in [0.2, 0.25) is 0 Å². The summed E-state index contributed by atoms with van der Waals surface area (Å²) in [6.07, 6.45) is 2.64. The van der Waals surface area contributed by atoms with E-state index >= 15 is 0 Å². The van der Waals surface area contributed by atoms with Gasteiger partial charge >= 0.3 is 0 Å². The van der Waals surface area contributed by atoms with Gasteiger partial charge in [0, 0.05) is 1.43 Å². The highest BCUT2D eigenvalue weighted by Gasteiger charge is 1.56. The van der Waals surface area contributed by atoms with Gasteiger partial charge in [0.25, 0.3) is 0 Å². The second kappa shape index (κ2) is 20.0. The maximum absolute atomic E-state index is 2.18. The van der Waals surface area contributed by atoms with Gasteiger partial charge in [0.15, 0.2) is 0 Å². The minimum absolute atomic E-state index is 0. The second-order valence-corrected chi connectivity index (χ2v) is 1.000. The van der Waals surface area contributed by atoms with Crippen molar-refractivity contribution >= 4 is 0 Å². The molecule has 0 spiro atoms. The van der Waals surface area contributed by atoms with Crippen molar-refractivity contribution in [1.29, 1.82) is 0 Å². The number of hydrogen-bond donors (Lipinski definition) is 0. The summed E-state index contributed by atoms with van der Waals surface area (Å²) in [5, 5.41) is 0. The predicted octanol–water partition coefficient (Wildman–Crippen LogP) is 3.08. The zero-order chi connectivity index (χ0) is 5.41. The van der Waals surface area contributed by atoms with Crippen LogP contribution in [0.2, 0.25) is 0 Å². The highest BCUT2D eigenvalue weighted by atomic mass is 13.6. The molecule has 0 aliphatic heterocycles. The quantitative estimate of drug-likeness (QED) is 0.465. The van der Waals surface area contributed by atoms with Gasteiger partial charge in [-0.2, -0.15) is 0 Å². The van der Waals surface area contributed by atoms with Crippen LogP contribution in [0.4, 0.5) is 0 Å². The van der Waals surface area contributed by atoms with Crippen molar-refractivity contribution in [3.05, 3.63) is 0 Å². The number of rotatable bonds is 1. The standard InChI is InChI=1S/C4H10.C2H6.H2/c1-3-4-2;1-2;/h3-4H2,1-2H3;1-2H3;1H/i;;1+1. The molecule has 0 unspecified atom stereocenters. The molecule has 0 aliphatic carbocycles. The normalized spacial score (nSPS) is 6.00. The van der Waals surface area contributed by atoms with Crippen molar-refractivity contribution in [2.24, 2.45) is 0 Å². The highest BCUT2D eigenvalue weighted by Crippen LogP contribution is 1.76. The third-order valence-corrected chi connectivity index (χ3v) is 0.500. The molecule has 0 heterocycles. The van der Waals surface area contributed by atoms with Crippen LogP contribution in [0, 0.1) is 0 Å². The second-order valence-electron chi connectivity index (χ2n) is 1.000. The number of hydrogen-bond acceptors (Lipinski definition) is 0. The molecular formula is C6H18. The molecule has 0 bridgehead atoms. The summed E-state index contributed by atoms with van der Waals surface area (Å²) >= 11 is 0. The average Bonchev–Trinajstić information content (AvgIpc) is 1.72. The Kier molecular flexibility index (Phi) is 31.2.